The fraction of sp³-hybridized carbons (Fsp3) is 0.857. The number of carboxylic acid groups (broad SMARTS) is 1. The summed E-state index contributed by atoms with van der Waals surface area (Å²) in [6.07, 6.45) is -1.11. The monoisotopic (exact) mass is 250 g/mol. The highest BCUT2D eigenvalue weighted by Crippen LogP contribution is 2.49. The second-order valence-electron chi connectivity index (χ2n) is 3.50. The molecule has 3 saturated heterocycles. The van der Waals surface area contributed by atoms with Crippen LogP contribution in [0.1, 0.15) is 0 Å². The van der Waals surface area contributed by atoms with Crippen molar-refractivity contribution in [3.05, 3.63) is 0 Å². The van der Waals surface area contributed by atoms with Gasteiger partial charge < -0.3 is 9.84 Å². The highest BCUT2D eigenvalue weighted by molar-refractivity contribution is 9.09. The van der Waals surface area contributed by atoms with Gasteiger partial charge in [0.05, 0.1) is 10.9 Å². The molecule has 13 heavy (non-hydrogen) atoms. The molecule has 0 saturated carbocycles. The Hall–Kier alpha value is -0.170. The first-order chi connectivity index (χ1) is 6.20. The average Bonchev–Trinajstić information content (AvgIpc) is 2.61. The van der Waals surface area contributed by atoms with Gasteiger partial charge in [0.25, 0.3) is 0 Å². The molecule has 0 aliphatic carbocycles. The number of alkyl halides is 1. The predicted octanol–water partition coefficient (Wildman–Crippen LogP) is -0.0693. The second kappa shape index (κ2) is 2.44. The zero-order valence-corrected chi connectivity index (χ0v) is 8.01. The first kappa shape index (κ1) is 8.16. The third-order valence-corrected chi connectivity index (χ3v) is 3.90. The average molecular weight is 251 g/mol. The van der Waals surface area contributed by atoms with Crippen molar-refractivity contribution < 1.29 is 24.4 Å². The van der Waals surface area contributed by atoms with Crippen molar-refractivity contribution in [3.8, 4) is 0 Å². The summed E-state index contributed by atoms with van der Waals surface area (Å²) in [6.45, 7) is 0. The van der Waals surface area contributed by atoms with Crippen LogP contribution >= 0.6 is 15.9 Å². The Morgan fingerprint density at radius 2 is 1.85 bits per heavy atom. The van der Waals surface area contributed by atoms with Crippen molar-refractivity contribution >= 4 is 21.9 Å². The summed E-state index contributed by atoms with van der Waals surface area (Å²) in [5.41, 5.74) is 0. The van der Waals surface area contributed by atoms with Gasteiger partial charge in [-0.3, -0.25) is 4.79 Å². The number of hydrogen-bond donors (Lipinski definition) is 1. The van der Waals surface area contributed by atoms with Crippen LogP contribution in [0.25, 0.3) is 0 Å². The highest BCUT2D eigenvalue weighted by Gasteiger charge is 2.67. The molecule has 72 valence electrons. The maximum absolute atomic E-state index is 10.9. The van der Waals surface area contributed by atoms with Gasteiger partial charge in [-0.2, -0.15) is 0 Å². The summed E-state index contributed by atoms with van der Waals surface area (Å²) >= 11 is 3.36. The van der Waals surface area contributed by atoms with Crippen molar-refractivity contribution in [1.29, 1.82) is 0 Å². The minimum absolute atomic E-state index is 0.0719. The van der Waals surface area contributed by atoms with Crippen LogP contribution in [0.5, 0.6) is 0 Å². The lowest BCUT2D eigenvalue weighted by atomic mass is 9.85. The zero-order chi connectivity index (χ0) is 9.16. The van der Waals surface area contributed by atoms with E-state index >= 15 is 0 Å². The van der Waals surface area contributed by atoms with Crippen LogP contribution < -0.4 is 0 Å². The molecule has 3 aliphatic heterocycles. The minimum Gasteiger partial charge on any atom is -0.481 e. The lowest BCUT2D eigenvalue weighted by Crippen LogP contribution is -2.44. The maximum Gasteiger partial charge on any atom is 0.312 e. The van der Waals surface area contributed by atoms with Crippen LogP contribution in [0.4, 0.5) is 0 Å². The van der Waals surface area contributed by atoms with Gasteiger partial charge in [0, 0.05) is 0 Å². The molecule has 3 fully saturated rings. The summed E-state index contributed by atoms with van der Waals surface area (Å²) in [6, 6.07) is 0. The SMILES string of the molecule is O=C(O)[C@H]1[C@H]2O[C@H]3[C@H](OO[C@@H]31)[C@@H]2Br. The number of ether oxygens (including phenoxy) is 1. The Morgan fingerprint density at radius 1 is 1.15 bits per heavy atom. The minimum atomic E-state index is -0.883. The maximum atomic E-state index is 10.9. The quantitative estimate of drug-likeness (QED) is 0.522. The van der Waals surface area contributed by atoms with E-state index in [2.05, 4.69) is 15.9 Å². The number of fused-ring (bicyclic) bond motifs is 1. The first-order valence-corrected chi connectivity index (χ1v) is 4.96. The Balaban J connectivity index is 1.98. The van der Waals surface area contributed by atoms with Gasteiger partial charge in [-0.25, -0.2) is 9.78 Å². The van der Waals surface area contributed by atoms with Gasteiger partial charge in [-0.15, -0.1) is 0 Å². The fourth-order valence-corrected chi connectivity index (χ4v) is 3.11. The van der Waals surface area contributed by atoms with E-state index in [-0.39, 0.29) is 23.1 Å². The summed E-state index contributed by atoms with van der Waals surface area (Å²) in [7, 11) is 0. The smallest absolute Gasteiger partial charge is 0.312 e. The van der Waals surface area contributed by atoms with E-state index in [9.17, 15) is 4.79 Å². The van der Waals surface area contributed by atoms with Gasteiger partial charge in [-0.05, 0) is 0 Å². The molecule has 0 aromatic rings. The Bertz CT molecular complexity index is 270. The Kier molecular flexibility index (Phi) is 1.53. The van der Waals surface area contributed by atoms with Crippen LogP contribution in [-0.4, -0.2) is 40.3 Å². The van der Waals surface area contributed by atoms with Gasteiger partial charge in [0.1, 0.15) is 24.2 Å². The largest absolute Gasteiger partial charge is 0.481 e. The third-order valence-electron chi connectivity index (χ3n) is 2.86. The third kappa shape index (κ3) is 0.843. The van der Waals surface area contributed by atoms with Crippen LogP contribution in [0.15, 0.2) is 0 Å². The van der Waals surface area contributed by atoms with E-state index in [0.29, 0.717) is 0 Å². The predicted molar refractivity (Wildman–Crippen MR) is 42.2 cm³/mol. The molecule has 1 N–H and O–H groups in total. The summed E-state index contributed by atoms with van der Waals surface area (Å²) < 4.78 is 5.47. The van der Waals surface area contributed by atoms with Crippen LogP contribution in [-0.2, 0) is 19.3 Å². The zero-order valence-electron chi connectivity index (χ0n) is 6.42. The molecule has 0 radical (unpaired) electrons. The Labute approximate surface area is 82.0 Å². The molecular formula is C7H7BrO5. The first-order valence-electron chi connectivity index (χ1n) is 4.04. The Morgan fingerprint density at radius 3 is 2.54 bits per heavy atom. The van der Waals surface area contributed by atoms with E-state index in [4.69, 9.17) is 19.6 Å². The van der Waals surface area contributed by atoms with E-state index in [1.54, 1.807) is 0 Å². The highest BCUT2D eigenvalue weighted by atomic mass is 79.9. The number of rotatable bonds is 1. The van der Waals surface area contributed by atoms with Crippen molar-refractivity contribution in [1.82, 2.24) is 0 Å². The molecule has 0 aromatic heterocycles. The van der Waals surface area contributed by atoms with Crippen molar-refractivity contribution in [2.75, 3.05) is 0 Å². The van der Waals surface area contributed by atoms with Crippen molar-refractivity contribution in [3.63, 3.8) is 0 Å². The second-order valence-corrected chi connectivity index (χ2v) is 4.55. The number of hydrogen-bond acceptors (Lipinski definition) is 4. The normalized spacial score (nSPS) is 57.3. The summed E-state index contributed by atoms with van der Waals surface area (Å²) in [5, 5.41) is 8.94. The standard InChI is InChI=1S/C7H7BrO5/c8-2-3-1(7(9)10)4-6(11-3)5(2)13-12-4/h1-6H,(H,9,10)/t1-,2+,3+,4+,5+,6+/m0/s1. The van der Waals surface area contributed by atoms with Crippen LogP contribution in [0.3, 0.4) is 0 Å². The number of halogens is 1. The van der Waals surface area contributed by atoms with Crippen molar-refractivity contribution in [2.45, 2.75) is 29.2 Å². The van der Waals surface area contributed by atoms with E-state index in [1.807, 2.05) is 0 Å². The molecule has 2 bridgehead atoms. The molecular weight excluding hydrogens is 244 g/mol. The van der Waals surface area contributed by atoms with Gasteiger partial charge >= 0.3 is 5.97 Å². The molecule has 6 heteroatoms. The summed E-state index contributed by atoms with van der Waals surface area (Å²) in [4.78, 5) is 20.7. The molecule has 0 spiro atoms. The molecule has 0 aromatic carbocycles. The molecule has 3 aliphatic rings. The van der Waals surface area contributed by atoms with E-state index < -0.39 is 18.0 Å². The topological polar surface area (TPSA) is 65.0 Å². The molecule has 0 unspecified atom stereocenters. The van der Waals surface area contributed by atoms with E-state index in [1.165, 1.54) is 0 Å². The lowest BCUT2D eigenvalue weighted by Gasteiger charge is -2.20. The van der Waals surface area contributed by atoms with Gasteiger partial charge in [0.2, 0.25) is 0 Å². The molecule has 3 rings (SSSR count). The van der Waals surface area contributed by atoms with Gasteiger partial charge in [-0.1, -0.05) is 15.9 Å². The number of carbonyl (C=O) groups is 1. The lowest BCUT2D eigenvalue weighted by molar-refractivity contribution is -0.294. The number of carboxylic acids is 1. The van der Waals surface area contributed by atoms with E-state index in [0.717, 1.165) is 0 Å². The van der Waals surface area contributed by atoms with Crippen LogP contribution in [0.2, 0.25) is 0 Å². The van der Waals surface area contributed by atoms with Crippen LogP contribution in [0, 0.1) is 5.92 Å². The summed E-state index contributed by atoms with van der Waals surface area (Å²) in [5.74, 6) is -1.49. The molecule has 5 nitrogen and oxygen atoms in total. The molecule has 6 atom stereocenters. The fourth-order valence-electron chi connectivity index (χ4n) is 2.27. The molecule has 3 heterocycles. The number of aliphatic carboxylic acids is 1. The molecule has 0 amide bonds. The van der Waals surface area contributed by atoms with Gasteiger partial charge in [0.15, 0.2) is 0 Å². The van der Waals surface area contributed by atoms with Crippen molar-refractivity contribution in [2.24, 2.45) is 5.92 Å².